The van der Waals surface area contributed by atoms with Crippen LogP contribution in [-0.4, -0.2) is 16.8 Å². The van der Waals surface area contributed by atoms with Gasteiger partial charge in [0, 0.05) is 24.9 Å². The van der Waals surface area contributed by atoms with Gasteiger partial charge in [-0.1, -0.05) is 29.8 Å². The molecule has 30 heavy (non-hydrogen) atoms. The van der Waals surface area contributed by atoms with E-state index in [1.54, 1.807) is 30.5 Å². The molecule has 152 valence electrons. The van der Waals surface area contributed by atoms with Crippen molar-refractivity contribution in [2.75, 3.05) is 10.6 Å². The number of rotatable bonds is 7. The second-order valence-electron chi connectivity index (χ2n) is 6.38. The molecule has 2 amide bonds. The number of hydrogen-bond acceptors (Lipinski definition) is 4. The fourth-order valence-corrected chi connectivity index (χ4v) is 2.79. The van der Waals surface area contributed by atoms with Crippen LogP contribution in [0, 0.1) is 0 Å². The molecule has 6 nitrogen and oxygen atoms in total. The fourth-order valence-electron chi connectivity index (χ4n) is 2.56. The van der Waals surface area contributed by atoms with Gasteiger partial charge >= 0.3 is 0 Å². The van der Waals surface area contributed by atoms with Crippen LogP contribution in [0.25, 0.3) is 6.08 Å². The van der Waals surface area contributed by atoms with Crippen molar-refractivity contribution in [3.8, 4) is 5.75 Å². The Morgan fingerprint density at radius 2 is 1.87 bits per heavy atom. The van der Waals surface area contributed by atoms with Crippen LogP contribution in [0.4, 0.5) is 11.4 Å². The molecule has 3 rings (SSSR count). The molecule has 3 aromatic rings. The summed E-state index contributed by atoms with van der Waals surface area (Å²) in [6, 6.07) is 17.9. The average molecular weight is 422 g/mol. The first kappa shape index (κ1) is 21.1. The number of ether oxygens (including phenoxy) is 1. The van der Waals surface area contributed by atoms with Gasteiger partial charge in [0.1, 0.15) is 12.4 Å². The normalized spacial score (nSPS) is 10.6. The number of hydrogen-bond donors (Lipinski definition) is 2. The van der Waals surface area contributed by atoms with E-state index in [0.717, 1.165) is 11.3 Å². The van der Waals surface area contributed by atoms with Crippen molar-refractivity contribution in [3.05, 3.63) is 89.2 Å². The van der Waals surface area contributed by atoms with Crippen LogP contribution in [0.2, 0.25) is 5.02 Å². The molecule has 0 aliphatic rings. The van der Waals surface area contributed by atoms with Crippen LogP contribution >= 0.6 is 11.6 Å². The molecule has 0 radical (unpaired) electrons. The maximum Gasteiger partial charge on any atom is 0.248 e. The van der Waals surface area contributed by atoms with Gasteiger partial charge in [-0.25, -0.2) is 0 Å². The second-order valence-corrected chi connectivity index (χ2v) is 6.78. The van der Waals surface area contributed by atoms with Crippen LogP contribution in [0.3, 0.4) is 0 Å². The smallest absolute Gasteiger partial charge is 0.248 e. The molecule has 2 N–H and O–H groups in total. The van der Waals surface area contributed by atoms with E-state index in [0.29, 0.717) is 28.8 Å². The van der Waals surface area contributed by atoms with Crippen molar-refractivity contribution in [2.24, 2.45) is 0 Å². The van der Waals surface area contributed by atoms with E-state index >= 15 is 0 Å². The lowest BCUT2D eigenvalue weighted by Crippen LogP contribution is -2.09. The second kappa shape index (κ2) is 10.2. The zero-order valence-electron chi connectivity index (χ0n) is 16.3. The van der Waals surface area contributed by atoms with Crippen molar-refractivity contribution in [1.29, 1.82) is 0 Å². The van der Waals surface area contributed by atoms with Crippen molar-refractivity contribution in [1.82, 2.24) is 4.98 Å². The maximum absolute atomic E-state index is 12.2. The highest BCUT2D eigenvalue weighted by Gasteiger charge is 2.05. The van der Waals surface area contributed by atoms with Crippen molar-refractivity contribution >= 4 is 40.9 Å². The zero-order valence-corrected chi connectivity index (χ0v) is 17.0. The molecule has 0 spiro atoms. The Balaban J connectivity index is 1.54. The summed E-state index contributed by atoms with van der Waals surface area (Å²) < 4.78 is 5.69. The summed E-state index contributed by atoms with van der Waals surface area (Å²) in [5.74, 6) is 0.201. The minimum atomic E-state index is -0.320. The van der Waals surface area contributed by atoms with E-state index in [4.69, 9.17) is 16.3 Å². The van der Waals surface area contributed by atoms with E-state index in [9.17, 15) is 9.59 Å². The van der Waals surface area contributed by atoms with Crippen LogP contribution < -0.4 is 15.4 Å². The maximum atomic E-state index is 12.2. The number of anilines is 2. The lowest BCUT2D eigenvalue weighted by Gasteiger charge is -2.08. The predicted molar refractivity (Wildman–Crippen MR) is 118 cm³/mol. The third kappa shape index (κ3) is 6.46. The lowest BCUT2D eigenvalue weighted by molar-refractivity contribution is -0.114. The minimum Gasteiger partial charge on any atom is -0.487 e. The summed E-state index contributed by atoms with van der Waals surface area (Å²) in [6.45, 7) is 1.80. The highest BCUT2D eigenvalue weighted by molar-refractivity contribution is 6.34. The number of nitrogens with one attached hydrogen (secondary N) is 2. The summed E-state index contributed by atoms with van der Waals surface area (Å²) in [7, 11) is 0. The molecule has 1 heterocycles. The number of carbonyl (C=O) groups excluding carboxylic acids is 2. The van der Waals surface area contributed by atoms with Crippen LogP contribution in [0.15, 0.2) is 72.9 Å². The van der Waals surface area contributed by atoms with E-state index in [1.807, 2.05) is 42.5 Å². The Labute approximate surface area is 179 Å². The average Bonchev–Trinajstić information content (AvgIpc) is 2.74. The molecule has 0 atom stereocenters. The fraction of sp³-hybridized carbons (Fsp3) is 0.0870. The van der Waals surface area contributed by atoms with Gasteiger partial charge in [0.15, 0.2) is 0 Å². The van der Waals surface area contributed by atoms with Crippen molar-refractivity contribution in [2.45, 2.75) is 13.5 Å². The van der Waals surface area contributed by atoms with Gasteiger partial charge in [-0.05, 0) is 54.1 Å². The summed E-state index contributed by atoms with van der Waals surface area (Å²) >= 11 is 6.16. The predicted octanol–water partition coefficient (Wildman–Crippen LogP) is 4.92. The Hall–Kier alpha value is -3.64. The number of nitrogens with zero attached hydrogens (tertiary/aromatic N) is 1. The van der Waals surface area contributed by atoms with Crippen LogP contribution in [0.1, 0.15) is 18.2 Å². The van der Waals surface area contributed by atoms with Gasteiger partial charge in [0.05, 0.1) is 16.4 Å². The van der Waals surface area contributed by atoms with Gasteiger partial charge in [-0.2, -0.15) is 0 Å². The molecular weight excluding hydrogens is 402 g/mol. The summed E-state index contributed by atoms with van der Waals surface area (Å²) in [6.07, 6.45) is 4.83. The molecule has 0 aliphatic heterocycles. The molecule has 0 aliphatic carbocycles. The molecule has 0 saturated heterocycles. The number of carbonyl (C=O) groups is 2. The molecule has 1 aromatic heterocycles. The van der Waals surface area contributed by atoms with E-state index in [-0.39, 0.29) is 11.8 Å². The minimum absolute atomic E-state index is 0.195. The van der Waals surface area contributed by atoms with Crippen molar-refractivity contribution in [3.63, 3.8) is 0 Å². The molecule has 0 bridgehead atoms. The number of benzene rings is 2. The quantitative estimate of drug-likeness (QED) is 0.530. The Bertz CT molecular complexity index is 1050. The van der Waals surface area contributed by atoms with Gasteiger partial charge in [0.25, 0.3) is 0 Å². The van der Waals surface area contributed by atoms with E-state index < -0.39 is 0 Å². The highest BCUT2D eigenvalue weighted by Crippen LogP contribution is 2.25. The first-order valence-electron chi connectivity index (χ1n) is 9.18. The SMILES string of the molecule is CC(=O)Nc1ccc(NC(=O)/C=C/c2ccc(OCc3ccccn3)cc2)c(Cl)c1. The monoisotopic (exact) mass is 421 g/mol. The zero-order chi connectivity index (χ0) is 21.3. The number of amides is 2. The van der Waals surface area contributed by atoms with E-state index in [2.05, 4.69) is 15.6 Å². The standard InChI is InChI=1S/C23H20ClN3O3/c1-16(28)26-18-8-11-22(21(24)14-18)27-23(29)12-7-17-5-9-20(10-6-17)30-15-19-4-2-3-13-25-19/h2-14H,15H2,1H3,(H,26,28)(H,27,29)/b12-7+. The molecule has 0 saturated carbocycles. The molecular formula is C23H20ClN3O3. The van der Waals surface area contributed by atoms with Crippen LogP contribution in [0.5, 0.6) is 5.75 Å². The molecule has 2 aromatic carbocycles. The van der Waals surface area contributed by atoms with Gasteiger partial charge < -0.3 is 15.4 Å². The lowest BCUT2D eigenvalue weighted by atomic mass is 10.2. The highest BCUT2D eigenvalue weighted by atomic mass is 35.5. The largest absolute Gasteiger partial charge is 0.487 e. The Kier molecular flexibility index (Phi) is 7.19. The third-order valence-electron chi connectivity index (χ3n) is 3.97. The Morgan fingerprint density at radius 3 is 2.53 bits per heavy atom. The van der Waals surface area contributed by atoms with Gasteiger partial charge in [-0.3, -0.25) is 14.6 Å². The van der Waals surface area contributed by atoms with Crippen molar-refractivity contribution < 1.29 is 14.3 Å². The molecule has 0 fully saturated rings. The first-order chi connectivity index (χ1) is 14.5. The van der Waals surface area contributed by atoms with Gasteiger partial charge in [-0.15, -0.1) is 0 Å². The summed E-state index contributed by atoms with van der Waals surface area (Å²) in [5.41, 5.74) is 2.72. The number of pyridine rings is 1. The van der Waals surface area contributed by atoms with Crippen LogP contribution in [-0.2, 0) is 16.2 Å². The Morgan fingerprint density at radius 1 is 1.07 bits per heavy atom. The summed E-state index contributed by atoms with van der Waals surface area (Å²) in [4.78, 5) is 27.5. The number of halogens is 1. The first-order valence-corrected chi connectivity index (χ1v) is 9.56. The van der Waals surface area contributed by atoms with Gasteiger partial charge in [0.2, 0.25) is 11.8 Å². The molecule has 7 heteroatoms. The molecule has 0 unspecified atom stereocenters. The van der Waals surface area contributed by atoms with E-state index in [1.165, 1.54) is 13.0 Å². The third-order valence-corrected chi connectivity index (χ3v) is 4.28. The summed E-state index contributed by atoms with van der Waals surface area (Å²) in [5, 5.41) is 5.67. The topological polar surface area (TPSA) is 80.3 Å². The number of aromatic nitrogens is 1.